The SMILES string of the molecule is Clc1ccc([C@H](Cc2ccccc2)N[C@@H]2CN3CCC2CC3)cc1. The van der Waals surface area contributed by atoms with Crippen LogP contribution in [0.2, 0.25) is 5.02 Å². The maximum absolute atomic E-state index is 6.09. The number of piperidine rings is 3. The first-order chi connectivity index (χ1) is 11.8. The molecular weight excluding hydrogens is 316 g/mol. The van der Waals surface area contributed by atoms with Gasteiger partial charge in [0.05, 0.1) is 0 Å². The van der Waals surface area contributed by atoms with Crippen LogP contribution in [0.25, 0.3) is 0 Å². The minimum atomic E-state index is 0.343. The molecule has 126 valence electrons. The zero-order valence-electron chi connectivity index (χ0n) is 14.0. The summed E-state index contributed by atoms with van der Waals surface area (Å²) in [6.45, 7) is 3.77. The molecule has 3 fully saturated rings. The molecule has 0 aromatic heterocycles. The molecule has 2 nitrogen and oxygen atoms in total. The predicted molar refractivity (Wildman–Crippen MR) is 100 cm³/mol. The summed E-state index contributed by atoms with van der Waals surface area (Å²) >= 11 is 6.09. The summed E-state index contributed by atoms with van der Waals surface area (Å²) in [7, 11) is 0. The van der Waals surface area contributed by atoms with Gasteiger partial charge in [0.1, 0.15) is 0 Å². The van der Waals surface area contributed by atoms with Crippen LogP contribution in [0.15, 0.2) is 54.6 Å². The van der Waals surface area contributed by atoms with Gasteiger partial charge >= 0.3 is 0 Å². The molecule has 0 radical (unpaired) electrons. The summed E-state index contributed by atoms with van der Waals surface area (Å²) in [4.78, 5) is 2.61. The highest BCUT2D eigenvalue weighted by molar-refractivity contribution is 6.30. The quantitative estimate of drug-likeness (QED) is 0.872. The Balaban J connectivity index is 1.54. The predicted octanol–water partition coefficient (Wildman–Crippen LogP) is 4.31. The highest BCUT2D eigenvalue weighted by Crippen LogP contribution is 2.30. The number of rotatable bonds is 5. The van der Waals surface area contributed by atoms with E-state index in [1.165, 1.54) is 43.6 Å². The van der Waals surface area contributed by atoms with E-state index >= 15 is 0 Å². The average Bonchev–Trinajstić information content (AvgIpc) is 2.64. The molecule has 5 rings (SSSR count). The van der Waals surface area contributed by atoms with Crippen LogP contribution in [0.5, 0.6) is 0 Å². The standard InChI is InChI=1S/C21H25ClN2/c22-19-8-6-17(7-9-19)20(14-16-4-2-1-3-5-16)23-21-15-24-12-10-18(21)11-13-24/h1-9,18,20-21,23H,10-15H2/t20-,21+/m0/s1. The van der Waals surface area contributed by atoms with Crippen molar-refractivity contribution in [2.75, 3.05) is 19.6 Å². The molecule has 0 amide bonds. The van der Waals surface area contributed by atoms with Gasteiger partial charge in [-0.3, -0.25) is 0 Å². The largest absolute Gasteiger partial charge is 0.305 e. The summed E-state index contributed by atoms with van der Waals surface area (Å²) in [6, 6.07) is 20.1. The maximum Gasteiger partial charge on any atom is 0.0406 e. The number of hydrogen-bond acceptors (Lipinski definition) is 2. The van der Waals surface area contributed by atoms with E-state index in [0.717, 1.165) is 17.4 Å². The highest BCUT2D eigenvalue weighted by atomic mass is 35.5. The van der Waals surface area contributed by atoms with Crippen LogP contribution in [0.4, 0.5) is 0 Å². The maximum atomic E-state index is 6.09. The van der Waals surface area contributed by atoms with Gasteiger partial charge in [0.25, 0.3) is 0 Å². The van der Waals surface area contributed by atoms with Crippen molar-refractivity contribution in [2.45, 2.75) is 31.3 Å². The number of nitrogens with zero attached hydrogens (tertiary/aromatic N) is 1. The number of hydrogen-bond donors (Lipinski definition) is 1. The first kappa shape index (κ1) is 16.1. The van der Waals surface area contributed by atoms with Crippen molar-refractivity contribution < 1.29 is 0 Å². The summed E-state index contributed by atoms with van der Waals surface area (Å²) < 4.78 is 0. The van der Waals surface area contributed by atoms with Crippen LogP contribution in [0, 0.1) is 5.92 Å². The van der Waals surface area contributed by atoms with Crippen molar-refractivity contribution in [3.05, 3.63) is 70.7 Å². The van der Waals surface area contributed by atoms with Gasteiger partial charge in [-0.15, -0.1) is 0 Å². The minimum Gasteiger partial charge on any atom is -0.305 e. The van der Waals surface area contributed by atoms with Gasteiger partial charge in [-0.05, 0) is 61.5 Å². The molecule has 2 bridgehead atoms. The molecular formula is C21H25ClN2. The molecule has 3 saturated heterocycles. The Morgan fingerprint density at radius 3 is 2.33 bits per heavy atom. The van der Waals surface area contributed by atoms with Gasteiger partial charge < -0.3 is 10.2 Å². The van der Waals surface area contributed by atoms with Gasteiger partial charge in [0.15, 0.2) is 0 Å². The van der Waals surface area contributed by atoms with E-state index in [2.05, 4.69) is 52.7 Å². The van der Waals surface area contributed by atoms with E-state index in [-0.39, 0.29) is 0 Å². The molecule has 1 N–H and O–H groups in total. The lowest BCUT2D eigenvalue weighted by Gasteiger charge is -2.46. The van der Waals surface area contributed by atoms with Crippen LogP contribution in [-0.2, 0) is 6.42 Å². The zero-order chi connectivity index (χ0) is 16.4. The van der Waals surface area contributed by atoms with E-state index in [4.69, 9.17) is 11.6 Å². The van der Waals surface area contributed by atoms with Gasteiger partial charge in [0.2, 0.25) is 0 Å². The fourth-order valence-corrected chi connectivity index (χ4v) is 4.36. The molecule has 3 heteroatoms. The third-order valence-electron chi connectivity index (χ3n) is 5.63. The van der Waals surface area contributed by atoms with Gasteiger partial charge in [-0.25, -0.2) is 0 Å². The van der Waals surface area contributed by atoms with Gasteiger partial charge in [0, 0.05) is 23.7 Å². The monoisotopic (exact) mass is 340 g/mol. The molecule has 0 unspecified atom stereocenters. The highest BCUT2D eigenvalue weighted by Gasteiger charge is 2.35. The molecule has 2 atom stereocenters. The molecule has 3 aliphatic heterocycles. The third-order valence-corrected chi connectivity index (χ3v) is 5.88. The number of halogens is 1. The van der Waals surface area contributed by atoms with Crippen molar-refractivity contribution >= 4 is 11.6 Å². The van der Waals surface area contributed by atoms with Crippen molar-refractivity contribution in [3.63, 3.8) is 0 Å². The Morgan fingerprint density at radius 2 is 1.71 bits per heavy atom. The first-order valence-corrected chi connectivity index (χ1v) is 9.43. The molecule has 0 saturated carbocycles. The van der Waals surface area contributed by atoms with Crippen molar-refractivity contribution in [3.8, 4) is 0 Å². The third kappa shape index (κ3) is 3.66. The second kappa shape index (κ2) is 7.26. The lowest BCUT2D eigenvalue weighted by atomic mass is 9.83. The zero-order valence-corrected chi connectivity index (χ0v) is 14.8. The molecule has 3 aliphatic rings. The van der Waals surface area contributed by atoms with Crippen molar-refractivity contribution in [2.24, 2.45) is 5.92 Å². The second-order valence-corrected chi connectivity index (χ2v) is 7.64. The van der Waals surface area contributed by atoms with E-state index < -0.39 is 0 Å². The van der Waals surface area contributed by atoms with Crippen molar-refractivity contribution in [1.29, 1.82) is 0 Å². The van der Waals surface area contributed by atoms with Gasteiger partial charge in [-0.1, -0.05) is 54.1 Å². The fourth-order valence-electron chi connectivity index (χ4n) is 4.23. The smallest absolute Gasteiger partial charge is 0.0406 e. The Hall–Kier alpha value is -1.35. The van der Waals surface area contributed by atoms with Crippen LogP contribution in [0.3, 0.4) is 0 Å². The van der Waals surface area contributed by atoms with Crippen LogP contribution in [-0.4, -0.2) is 30.6 Å². The van der Waals surface area contributed by atoms with Crippen LogP contribution < -0.4 is 5.32 Å². The Bertz CT molecular complexity index is 647. The van der Waals surface area contributed by atoms with Gasteiger partial charge in [-0.2, -0.15) is 0 Å². The van der Waals surface area contributed by atoms with Crippen LogP contribution >= 0.6 is 11.6 Å². The van der Waals surface area contributed by atoms with E-state index in [9.17, 15) is 0 Å². The molecule has 24 heavy (non-hydrogen) atoms. The molecule has 2 aromatic rings. The van der Waals surface area contributed by atoms with E-state index in [1.54, 1.807) is 0 Å². The minimum absolute atomic E-state index is 0.343. The number of benzene rings is 2. The second-order valence-electron chi connectivity index (χ2n) is 7.21. The molecule has 2 aromatic carbocycles. The Kier molecular flexibility index (Phi) is 4.88. The fraction of sp³-hybridized carbons (Fsp3) is 0.429. The summed E-state index contributed by atoms with van der Waals surface area (Å²) in [5.74, 6) is 0.834. The Morgan fingerprint density at radius 1 is 1.00 bits per heavy atom. The number of nitrogens with one attached hydrogen (secondary N) is 1. The van der Waals surface area contributed by atoms with E-state index in [0.29, 0.717) is 12.1 Å². The van der Waals surface area contributed by atoms with Crippen LogP contribution in [0.1, 0.15) is 30.0 Å². The Labute approximate surface area is 149 Å². The summed E-state index contributed by atoms with van der Waals surface area (Å²) in [5.41, 5.74) is 2.71. The first-order valence-electron chi connectivity index (χ1n) is 9.06. The average molecular weight is 341 g/mol. The summed E-state index contributed by atoms with van der Waals surface area (Å²) in [6.07, 6.45) is 3.71. The van der Waals surface area contributed by atoms with Crippen molar-refractivity contribution in [1.82, 2.24) is 10.2 Å². The normalized spacial score (nSPS) is 27.1. The molecule has 0 spiro atoms. The molecule has 0 aliphatic carbocycles. The lowest BCUT2D eigenvalue weighted by Crippen LogP contribution is -2.56. The summed E-state index contributed by atoms with van der Waals surface area (Å²) in [5, 5.41) is 4.79. The number of fused-ring (bicyclic) bond motifs is 3. The topological polar surface area (TPSA) is 15.3 Å². The lowest BCUT2D eigenvalue weighted by molar-refractivity contribution is 0.0669. The van der Waals surface area contributed by atoms with E-state index in [1.807, 2.05) is 12.1 Å². The molecule has 3 heterocycles.